The summed E-state index contributed by atoms with van der Waals surface area (Å²) in [7, 11) is 1.78. The molecule has 3 heterocycles. The highest BCUT2D eigenvalue weighted by Crippen LogP contribution is 2.43. The first kappa shape index (κ1) is 21.4. The fourth-order valence-electron chi connectivity index (χ4n) is 3.60. The number of hydrogen-bond acceptors (Lipinski definition) is 6. The molecule has 1 amide bonds. The van der Waals surface area contributed by atoms with E-state index in [1.54, 1.807) is 11.7 Å². The highest BCUT2D eigenvalue weighted by molar-refractivity contribution is 7.19. The molecule has 3 aromatic rings. The van der Waals surface area contributed by atoms with Crippen molar-refractivity contribution in [2.45, 2.75) is 13.8 Å². The van der Waals surface area contributed by atoms with Gasteiger partial charge >= 0.3 is 0 Å². The van der Waals surface area contributed by atoms with Crippen LogP contribution in [0.25, 0.3) is 11.1 Å². The molecule has 0 radical (unpaired) electrons. The number of carbonyl (C=O) groups is 1. The number of carbonyl (C=O) groups excluding carboxylic acids is 1. The molecule has 31 heavy (non-hydrogen) atoms. The molecule has 0 saturated carbocycles. The molecular weight excluding hydrogens is 434 g/mol. The number of nitrogens with one attached hydrogen (secondary N) is 1. The van der Waals surface area contributed by atoms with Gasteiger partial charge in [-0.1, -0.05) is 23.7 Å². The van der Waals surface area contributed by atoms with Crippen molar-refractivity contribution in [1.82, 2.24) is 9.78 Å². The van der Waals surface area contributed by atoms with E-state index in [1.807, 2.05) is 38.1 Å². The van der Waals surface area contributed by atoms with Crippen LogP contribution in [0.3, 0.4) is 0 Å². The second-order valence-corrected chi connectivity index (χ2v) is 8.82. The maximum absolute atomic E-state index is 13.4. The van der Waals surface area contributed by atoms with Gasteiger partial charge in [0.05, 0.1) is 24.5 Å². The van der Waals surface area contributed by atoms with Crippen LogP contribution in [-0.2, 0) is 11.8 Å². The first-order valence-electron chi connectivity index (χ1n) is 9.87. The van der Waals surface area contributed by atoms with Gasteiger partial charge in [-0.2, -0.15) is 10.4 Å². The summed E-state index contributed by atoms with van der Waals surface area (Å²) in [4.78, 5) is 15.9. The molecule has 0 bridgehead atoms. The Bertz CT molecular complexity index is 1190. The standard InChI is InChI=1S/C22H22ClN5O2S/c1-13-4-5-15(11-17(13)23)19-16(12-24)22(28-6-8-30-9-7-28)31-20(19)21(29)25-18-10-14(2)26-27(18)3/h4-5,10-11H,6-9H2,1-3H3,(H,25,29). The minimum Gasteiger partial charge on any atom is -0.378 e. The van der Waals surface area contributed by atoms with Crippen molar-refractivity contribution in [2.75, 3.05) is 36.5 Å². The van der Waals surface area contributed by atoms with Gasteiger partial charge in [0.25, 0.3) is 5.91 Å². The molecular formula is C22H22ClN5O2S. The number of aromatic nitrogens is 2. The number of thiophene rings is 1. The van der Waals surface area contributed by atoms with E-state index in [4.69, 9.17) is 16.3 Å². The van der Waals surface area contributed by atoms with Crippen LogP contribution in [0.1, 0.15) is 26.5 Å². The van der Waals surface area contributed by atoms with Gasteiger partial charge in [-0.15, -0.1) is 11.3 Å². The summed E-state index contributed by atoms with van der Waals surface area (Å²) in [6.45, 7) is 6.30. The molecule has 4 rings (SSSR count). The quantitative estimate of drug-likeness (QED) is 0.631. The molecule has 1 fully saturated rings. The van der Waals surface area contributed by atoms with Crippen molar-refractivity contribution < 1.29 is 9.53 Å². The van der Waals surface area contributed by atoms with Crippen LogP contribution in [0, 0.1) is 25.2 Å². The van der Waals surface area contributed by atoms with E-state index < -0.39 is 0 Å². The molecule has 2 aromatic heterocycles. The van der Waals surface area contributed by atoms with Gasteiger partial charge < -0.3 is 15.0 Å². The Morgan fingerprint density at radius 1 is 1.29 bits per heavy atom. The van der Waals surface area contributed by atoms with Gasteiger partial charge in [-0.05, 0) is 31.0 Å². The van der Waals surface area contributed by atoms with E-state index in [2.05, 4.69) is 21.4 Å². The van der Waals surface area contributed by atoms with Gasteiger partial charge in [-0.3, -0.25) is 9.48 Å². The molecule has 1 aromatic carbocycles. The molecule has 1 aliphatic heterocycles. The zero-order chi connectivity index (χ0) is 22.1. The Morgan fingerprint density at radius 3 is 2.65 bits per heavy atom. The number of amides is 1. The lowest BCUT2D eigenvalue weighted by atomic mass is 10.00. The van der Waals surface area contributed by atoms with Gasteiger partial charge in [0.2, 0.25) is 0 Å². The normalized spacial score (nSPS) is 13.8. The topological polar surface area (TPSA) is 83.2 Å². The Balaban J connectivity index is 1.84. The fourth-order valence-corrected chi connectivity index (χ4v) is 5.00. The maximum atomic E-state index is 13.4. The lowest BCUT2D eigenvalue weighted by Gasteiger charge is -2.27. The van der Waals surface area contributed by atoms with Gasteiger partial charge in [0, 0.05) is 36.8 Å². The van der Waals surface area contributed by atoms with Crippen LogP contribution < -0.4 is 10.2 Å². The Hall–Kier alpha value is -2.86. The van der Waals surface area contributed by atoms with Gasteiger partial charge in [0.15, 0.2) is 0 Å². The second-order valence-electron chi connectivity index (χ2n) is 7.41. The molecule has 1 aliphatic rings. The molecule has 7 nitrogen and oxygen atoms in total. The van der Waals surface area contributed by atoms with Crippen LogP contribution in [0.2, 0.25) is 5.02 Å². The highest BCUT2D eigenvalue weighted by atomic mass is 35.5. The number of nitrogens with zero attached hydrogens (tertiary/aromatic N) is 4. The number of ether oxygens (including phenoxy) is 1. The van der Waals surface area contributed by atoms with Gasteiger partial charge in [-0.25, -0.2) is 0 Å². The zero-order valence-electron chi connectivity index (χ0n) is 17.5. The van der Waals surface area contributed by atoms with Crippen LogP contribution in [0.5, 0.6) is 0 Å². The van der Waals surface area contributed by atoms with Crippen molar-refractivity contribution in [3.63, 3.8) is 0 Å². The maximum Gasteiger partial charge on any atom is 0.267 e. The number of anilines is 2. The lowest BCUT2D eigenvalue weighted by molar-refractivity contribution is 0.103. The molecule has 9 heteroatoms. The second kappa shape index (κ2) is 8.71. The number of hydrogen-bond donors (Lipinski definition) is 1. The lowest BCUT2D eigenvalue weighted by Crippen LogP contribution is -2.36. The molecule has 0 spiro atoms. The van der Waals surface area contributed by atoms with E-state index in [1.165, 1.54) is 11.3 Å². The minimum atomic E-state index is -0.282. The average Bonchev–Trinajstić information content (AvgIpc) is 3.30. The SMILES string of the molecule is Cc1cc(NC(=O)c2sc(N3CCOCC3)c(C#N)c2-c2ccc(C)c(Cl)c2)n(C)n1. The summed E-state index contributed by atoms with van der Waals surface area (Å²) in [6.07, 6.45) is 0. The number of halogens is 1. The Morgan fingerprint density at radius 2 is 2.03 bits per heavy atom. The molecule has 1 N–H and O–H groups in total. The van der Waals surface area contributed by atoms with E-state index in [9.17, 15) is 10.1 Å². The molecule has 0 unspecified atom stereocenters. The van der Waals surface area contributed by atoms with E-state index in [0.717, 1.165) is 21.8 Å². The largest absolute Gasteiger partial charge is 0.378 e. The van der Waals surface area contributed by atoms with Crippen molar-refractivity contribution in [1.29, 1.82) is 5.26 Å². The number of rotatable bonds is 4. The van der Waals surface area contributed by atoms with Crippen LogP contribution >= 0.6 is 22.9 Å². The summed E-state index contributed by atoms with van der Waals surface area (Å²) in [6, 6.07) is 9.76. The highest BCUT2D eigenvalue weighted by Gasteiger charge is 2.28. The molecule has 0 aliphatic carbocycles. The van der Waals surface area contributed by atoms with Crippen molar-refractivity contribution in [3.05, 3.63) is 51.0 Å². The number of nitriles is 1. The van der Waals surface area contributed by atoms with Crippen molar-refractivity contribution in [2.24, 2.45) is 7.05 Å². The first-order valence-corrected chi connectivity index (χ1v) is 11.1. The van der Waals surface area contributed by atoms with E-state index in [-0.39, 0.29) is 5.91 Å². The monoisotopic (exact) mass is 455 g/mol. The Labute approximate surface area is 189 Å². The first-order chi connectivity index (χ1) is 14.9. The Kier molecular flexibility index (Phi) is 6.01. The molecule has 1 saturated heterocycles. The van der Waals surface area contributed by atoms with Crippen LogP contribution in [-0.4, -0.2) is 42.0 Å². The van der Waals surface area contributed by atoms with Gasteiger partial charge in [0.1, 0.15) is 21.8 Å². The third-order valence-electron chi connectivity index (χ3n) is 5.21. The third kappa shape index (κ3) is 4.17. The minimum absolute atomic E-state index is 0.282. The number of benzene rings is 1. The zero-order valence-corrected chi connectivity index (χ0v) is 19.1. The fraction of sp³-hybridized carbons (Fsp3) is 0.318. The predicted molar refractivity (Wildman–Crippen MR) is 123 cm³/mol. The van der Waals surface area contributed by atoms with Crippen molar-refractivity contribution >= 4 is 39.7 Å². The average molecular weight is 456 g/mol. The summed E-state index contributed by atoms with van der Waals surface area (Å²) in [5, 5.41) is 18.7. The summed E-state index contributed by atoms with van der Waals surface area (Å²) < 4.78 is 7.08. The smallest absolute Gasteiger partial charge is 0.267 e. The third-order valence-corrected chi connectivity index (χ3v) is 6.87. The number of morpholine rings is 1. The molecule has 160 valence electrons. The van der Waals surface area contributed by atoms with Crippen molar-refractivity contribution in [3.8, 4) is 17.2 Å². The summed E-state index contributed by atoms with van der Waals surface area (Å²) in [5.74, 6) is 0.311. The summed E-state index contributed by atoms with van der Waals surface area (Å²) >= 11 is 7.71. The predicted octanol–water partition coefficient (Wildman–Crippen LogP) is 4.38. The molecule has 0 atom stereocenters. The van der Waals surface area contributed by atoms with Crippen LogP contribution in [0.4, 0.5) is 10.8 Å². The summed E-state index contributed by atoms with van der Waals surface area (Å²) in [5.41, 5.74) is 3.57. The van der Waals surface area contributed by atoms with E-state index in [0.29, 0.717) is 53.1 Å². The number of aryl methyl sites for hydroxylation is 3. The van der Waals surface area contributed by atoms with Crippen LogP contribution in [0.15, 0.2) is 24.3 Å². The van der Waals surface area contributed by atoms with E-state index >= 15 is 0 Å².